The van der Waals surface area contributed by atoms with Crippen molar-refractivity contribution >= 4 is 29.0 Å². The summed E-state index contributed by atoms with van der Waals surface area (Å²) in [5.41, 5.74) is 5.09. The fourth-order valence-corrected chi connectivity index (χ4v) is 4.74. The highest BCUT2D eigenvalue weighted by Crippen LogP contribution is 2.29. The molecule has 1 aliphatic rings. The number of benzene rings is 2. The van der Waals surface area contributed by atoms with E-state index in [0.717, 1.165) is 34.0 Å². The van der Waals surface area contributed by atoms with Crippen LogP contribution in [0.25, 0.3) is 28.2 Å². The number of hydrogen-bond acceptors (Lipinski definition) is 5. The minimum Gasteiger partial charge on any atom is -0.353 e. The van der Waals surface area contributed by atoms with Crippen molar-refractivity contribution in [2.75, 3.05) is 31.1 Å². The molecular weight excluding hydrogens is 472 g/mol. The van der Waals surface area contributed by atoms with Gasteiger partial charge in [0.05, 0.1) is 11.4 Å². The van der Waals surface area contributed by atoms with E-state index in [9.17, 15) is 4.79 Å². The topological polar surface area (TPSA) is 66.6 Å². The maximum Gasteiger partial charge on any atom is 0.254 e. The van der Waals surface area contributed by atoms with Gasteiger partial charge in [0.25, 0.3) is 5.91 Å². The molecule has 8 heteroatoms. The Bertz CT molecular complexity index is 1530. The van der Waals surface area contributed by atoms with Gasteiger partial charge in [-0.3, -0.25) is 9.78 Å². The third kappa shape index (κ3) is 4.29. The zero-order chi connectivity index (χ0) is 24.5. The van der Waals surface area contributed by atoms with Crippen molar-refractivity contribution in [1.29, 1.82) is 0 Å². The highest BCUT2D eigenvalue weighted by atomic mass is 35.5. The molecule has 0 bridgehead atoms. The summed E-state index contributed by atoms with van der Waals surface area (Å²) in [5.74, 6) is 0.979. The first-order valence-electron chi connectivity index (χ1n) is 11.8. The molecule has 1 fully saturated rings. The Balaban J connectivity index is 1.36. The smallest absolute Gasteiger partial charge is 0.254 e. The fourth-order valence-electron chi connectivity index (χ4n) is 4.55. The average molecular weight is 495 g/mol. The van der Waals surface area contributed by atoms with Crippen molar-refractivity contribution < 1.29 is 4.79 Å². The second kappa shape index (κ2) is 9.43. The minimum atomic E-state index is 0.0317. The summed E-state index contributed by atoms with van der Waals surface area (Å²) in [5, 5.41) is 5.57. The van der Waals surface area contributed by atoms with Crippen LogP contribution < -0.4 is 4.90 Å². The first-order chi connectivity index (χ1) is 17.7. The van der Waals surface area contributed by atoms with E-state index in [2.05, 4.69) is 28.1 Å². The van der Waals surface area contributed by atoms with Gasteiger partial charge in [-0.05, 0) is 24.3 Å². The van der Waals surface area contributed by atoms with Crippen molar-refractivity contribution in [1.82, 2.24) is 24.5 Å². The third-order valence-corrected chi connectivity index (χ3v) is 6.65. The number of halogens is 1. The lowest BCUT2D eigenvalue weighted by atomic mass is 10.1. The van der Waals surface area contributed by atoms with E-state index < -0.39 is 0 Å². The van der Waals surface area contributed by atoms with Gasteiger partial charge < -0.3 is 9.80 Å². The van der Waals surface area contributed by atoms with Gasteiger partial charge in [-0.2, -0.15) is 9.61 Å². The number of pyridine rings is 1. The van der Waals surface area contributed by atoms with Crippen LogP contribution in [0.15, 0.2) is 91.3 Å². The highest BCUT2D eigenvalue weighted by molar-refractivity contribution is 6.30. The lowest BCUT2D eigenvalue weighted by molar-refractivity contribution is 0.0746. The first-order valence-corrected chi connectivity index (χ1v) is 12.2. The lowest BCUT2D eigenvalue weighted by Crippen LogP contribution is -2.49. The monoisotopic (exact) mass is 494 g/mol. The average Bonchev–Trinajstić information content (AvgIpc) is 3.38. The van der Waals surface area contributed by atoms with Gasteiger partial charge in [0.1, 0.15) is 5.82 Å². The summed E-state index contributed by atoms with van der Waals surface area (Å²) < 4.78 is 1.89. The van der Waals surface area contributed by atoms with Gasteiger partial charge in [0, 0.05) is 72.4 Å². The Morgan fingerprint density at radius 1 is 0.778 bits per heavy atom. The van der Waals surface area contributed by atoms with E-state index in [1.54, 1.807) is 24.5 Å². The molecule has 1 saturated heterocycles. The van der Waals surface area contributed by atoms with Crippen LogP contribution in [-0.2, 0) is 0 Å². The number of piperazine rings is 1. The largest absolute Gasteiger partial charge is 0.353 e. The number of aromatic nitrogens is 4. The van der Waals surface area contributed by atoms with Crippen molar-refractivity contribution in [2.45, 2.75) is 0 Å². The van der Waals surface area contributed by atoms with Crippen LogP contribution in [0.4, 0.5) is 5.82 Å². The van der Waals surface area contributed by atoms with E-state index in [4.69, 9.17) is 21.7 Å². The van der Waals surface area contributed by atoms with E-state index in [1.807, 2.05) is 57.9 Å². The van der Waals surface area contributed by atoms with Crippen LogP contribution >= 0.6 is 11.6 Å². The van der Waals surface area contributed by atoms with Crippen LogP contribution in [0.3, 0.4) is 0 Å². The van der Waals surface area contributed by atoms with Crippen LogP contribution in [0.1, 0.15) is 10.4 Å². The van der Waals surface area contributed by atoms with E-state index in [1.165, 1.54) is 0 Å². The van der Waals surface area contributed by atoms with Gasteiger partial charge >= 0.3 is 0 Å². The molecule has 7 nitrogen and oxygen atoms in total. The fraction of sp³-hybridized carbons (Fsp3) is 0.143. The Kier molecular flexibility index (Phi) is 5.83. The van der Waals surface area contributed by atoms with E-state index in [-0.39, 0.29) is 5.91 Å². The number of hydrogen-bond donors (Lipinski definition) is 0. The molecule has 0 saturated carbocycles. The molecule has 3 aromatic heterocycles. The zero-order valence-corrected chi connectivity index (χ0v) is 20.2. The molecule has 0 radical (unpaired) electrons. The van der Waals surface area contributed by atoms with Gasteiger partial charge in [-0.15, -0.1) is 0 Å². The number of rotatable bonds is 4. The molecule has 0 N–H and O–H groups in total. The first kappa shape index (κ1) is 22.2. The second-order valence-electron chi connectivity index (χ2n) is 8.69. The molecule has 0 spiro atoms. The van der Waals surface area contributed by atoms with E-state index >= 15 is 0 Å². The SMILES string of the molecule is O=C(c1ccncc1)N1CCN(c2cc(-c3ccccc3)nc3cc(-c4cccc(Cl)c4)nn23)CC1. The molecule has 1 aliphatic heterocycles. The van der Waals surface area contributed by atoms with Crippen LogP contribution in [0.2, 0.25) is 5.02 Å². The van der Waals surface area contributed by atoms with Gasteiger partial charge in [0.15, 0.2) is 5.65 Å². The predicted octanol–water partition coefficient (Wildman–Crippen LogP) is 5.07. The predicted molar refractivity (Wildman–Crippen MR) is 141 cm³/mol. The minimum absolute atomic E-state index is 0.0317. The maximum atomic E-state index is 12.9. The molecule has 2 aromatic carbocycles. The molecule has 36 heavy (non-hydrogen) atoms. The van der Waals surface area contributed by atoms with Crippen molar-refractivity contribution in [2.24, 2.45) is 0 Å². The van der Waals surface area contributed by atoms with Gasteiger partial charge in [0.2, 0.25) is 0 Å². The molecule has 4 heterocycles. The van der Waals surface area contributed by atoms with Crippen LogP contribution in [0, 0.1) is 0 Å². The third-order valence-electron chi connectivity index (χ3n) is 6.42. The van der Waals surface area contributed by atoms with Crippen LogP contribution in [-0.4, -0.2) is 56.6 Å². The van der Waals surface area contributed by atoms with Gasteiger partial charge in [-0.1, -0.05) is 54.1 Å². The summed E-state index contributed by atoms with van der Waals surface area (Å²) in [6.07, 6.45) is 3.30. The Labute approximate surface area is 213 Å². The summed E-state index contributed by atoms with van der Waals surface area (Å²) in [7, 11) is 0. The molecule has 0 atom stereocenters. The number of carbonyl (C=O) groups excluding carboxylic acids is 1. The Hall–Kier alpha value is -4.23. The number of fused-ring (bicyclic) bond motifs is 1. The van der Waals surface area contributed by atoms with Crippen molar-refractivity contribution in [3.05, 3.63) is 102 Å². The highest BCUT2D eigenvalue weighted by Gasteiger charge is 2.25. The summed E-state index contributed by atoms with van der Waals surface area (Å²) >= 11 is 6.24. The molecule has 178 valence electrons. The number of anilines is 1. The normalized spacial score (nSPS) is 13.8. The lowest BCUT2D eigenvalue weighted by Gasteiger charge is -2.36. The Morgan fingerprint density at radius 2 is 1.53 bits per heavy atom. The zero-order valence-electron chi connectivity index (χ0n) is 19.5. The van der Waals surface area contributed by atoms with E-state index in [0.29, 0.717) is 36.8 Å². The summed E-state index contributed by atoms with van der Waals surface area (Å²) in [6, 6.07) is 25.4. The summed E-state index contributed by atoms with van der Waals surface area (Å²) in [6.45, 7) is 2.62. The van der Waals surface area contributed by atoms with Gasteiger partial charge in [-0.25, -0.2) is 4.98 Å². The molecule has 5 aromatic rings. The molecule has 1 amide bonds. The van der Waals surface area contributed by atoms with Crippen LogP contribution in [0.5, 0.6) is 0 Å². The summed E-state index contributed by atoms with van der Waals surface area (Å²) in [4.78, 5) is 26.0. The quantitative estimate of drug-likeness (QED) is 0.349. The second-order valence-corrected chi connectivity index (χ2v) is 9.13. The standard InChI is InChI=1S/C28H23ClN6O/c29-23-8-4-7-22(17-23)25-18-26-31-24(20-5-2-1-3-6-20)19-27(35(26)32-25)33-13-15-34(16-14-33)28(36)21-9-11-30-12-10-21/h1-12,17-19H,13-16H2. The number of nitrogens with zero attached hydrogens (tertiary/aromatic N) is 6. The molecule has 0 unspecified atom stereocenters. The Morgan fingerprint density at radius 3 is 2.28 bits per heavy atom. The molecule has 6 rings (SSSR count). The van der Waals surface area contributed by atoms with Crippen molar-refractivity contribution in [3.8, 4) is 22.5 Å². The number of amides is 1. The van der Waals surface area contributed by atoms with Crippen molar-refractivity contribution in [3.63, 3.8) is 0 Å². The molecule has 0 aliphatic carbocycles. The number of carbonyl (C=O) groups is 1. The maximum absolute atomic E-state index is 12.9. The molecular formula is C28H23ClN6O.